The highest BCUT2D eigenvalue weighted by atomic mass is 19.4. The van der Waals surface area contributed by atoms with Crippen molar-refractivity contribution in [2.75, 3.05) is 23.4 Å². The number of aromatic nitrogens is 2. The third-order valence-electron chi connectivity index (χ3n) is 4.96. The lowest BCUT2D eigenvalue weighted by Crippen LogP contribution is -2.30. The van der Waals surface area contributed by atoms with Gasteiger partial charge in [-0.3, -0.25) is 4.79 Å². The summed E-state index contributed by atoms with van der Waals surface area (Å²) >= 11 is 0. The summed E-state index contributed by atoms with van der Waals surface area (Å²) in [6.45, 7) is 1.94. The average Bonchev–Trinajstić information content (AvgIpc) is 3.06. The van der Waals surface area contributed by atoms with Gasteiger partial charge < -0.3 is 15.0 Å². The van der Waals surface area contributed by atoms with Crippen molar-refractivity contribution in [2.24, 2.45) is 0 Å². The Morgan fingerprint density at radius 2 is 2.15 bits per heavy atom. The maximum atomic E-state index is 13.4. The van der Waals surface area contributed by atoms with Gasteiger partial charge in [0, 0.05) is 31.4 Å². The molecule has 9 heteroatoms. The number of anilines is 2. The van der Waals surface area contributed by atoms with Crippen LogP contribution in [-0.4, -0.2) is 29.5 Å². The van der Waals surface area contributed by atoms with Crippen LogP contribution in [0, 0.1) is 0 Å². The largest absolute Gasteiger partial charge is 0.423 e. The fourth-order valence-electron chi connectivity index (χ4n) is 3.70. The number of ether oxygens (including phenoxy) is 1. The molecule has 0 amide bonds. The summed E-state index contributed by atoms with van der Waals surface area (Å²) in [5, 5.41) is 8.90. The lowest BCUT2D eigenvalue weighted by atomic mass is 10.1. The monoisotopic (exact) mass is 380 g/mol. The maximum Gasteiger partial charge on any atom is 0.423 e. The minimum atomic E-state index is -4.75. The van der Waals surface area contributed by atoms with Crippen molar-refractivity contribution < 1.29 is 17.9 Å². The van der Waals surface area contributed by atoms with Crippen LogP contribution >= 0.6 is 0 Å². The third-order valence-corrected chi connectivity index (χ3v) is 4.96. The van der Waals surface area contributed by atoms with Gasteiger partial charge >= 0.3 is 6.18 Å². The van der Waals surface area contributed by atoms with Gasteiger partial charge in [0.25, 0.3) is 5.56 Å². The van der Waals surface area contributed by atoms with E-state index in [2.05, 4.69) is 10.4 Å². The average molecular weight is 380 g/mol. The first kappa shape index (κ1) is 17.8. The standard InChI is InChI=1S/C18H19F3N4O2/c19-18(20,21)16-15(7-22-24-17(16)26)25-8-11-3-1-5-14(13(11)9-25)23-12-4-2-6-27-10-12/h1,3,5,7,12,23H,2,4,6,8-10H2,(H,24,26). The summed E-state index contributed by atoms with van der Waals surface area (Å²) in [6, 6.07) is 5.89. The Labute approximate surface area is 153 Å². The second-order valence-corrected chi connectivity index (χ2v) is 6.81. The van der Waals surface area contributed by atoms with E-state index in [-0.39, 0.29) is 18.3 Å². The molecule has 1 unspecified atom stereocenters. The molecule has 0 saturated carbocycles. The van der Waals surface area contributed by atoms with Crippen LogP contribution in [0.2, 0.25) is 0 Å². The summed E-state index contributed by atoms with van der Waals surface area (Å²) in [7, 11) is 0. The SMILES string of the molecule is O=c1[nH]ncc(N2Cc3cccc(NC4CCCOC4)c3C2)c1C(F)(F)F. The highest BCUT2D eigenvalue weighted by molar-refractivity contribution is 5.63. The molecular weight excluding hydrogens is 361 g/mol. The number of alkyl halides is 3. The van der Waals surface area contributed by atoms with Gasteiger partial charge in [-0.2, -0.15) is 18.3 Å². The number of H-pyrrole nitrogens is 1. The first-order chi connectivity index (χ1) is 12.9. The van der Waals surface area contributed by atoms with E-state index in [1.165, 1.54) is 4.90 Å². The molecule has 27 heavy (non-hydrogen) atoms. The van der Waals surface area contributed by atoms with Crippen LogP contribution in [-0.2, 0) is 24.0 Å². The van der Waals surface area contributed by atoms with Gasteiger partial charge in [-0.05, 0) is 30.0 Å². The number of aromatic amines is 1. The number of nitrogens with zero attached hydrogens (tertiary/aromatic N) is 2. The van der Waals surface area contributed by atoms with Crippen LogP contribution in [0.25, 0.3) is 0 Å². The van der Waals surface area contributed by atoms with Crippen molar-refractivity contribution in [3.05, 3.63) is 51.4 Å². The number of fused-ring (bicyclic) bond motifs is 1. The number of benzene rings is 1. The number of rotatable bonds is 3. The first-order valence-corrected chi connectivity index (χ1v) is 8.78. The molecule has 1 fully saturated rings. The van der Waals surface area contributed by atoms with Crippen LogP contribution in [0.3, 0.4) is 0 Å². The summed E-state index contributed by atoms with van der Waals surface area (Å²) in [5.74, 6) is 0. The molecule has 1 aromatic heterocycles. The lowest BCUT2D eigenvalue weighted by Gasteiger charge is -2.25. The zero-order chi connectivity index (χ0) is 19.0. The predicted octanol–water partition coefficient (Wildman–Crippen LogP) is 2.90. The number of hydrogen-bond acceptors (Lipinski definition) is 5. The Morgan fingerprint density at radius 1 is 1.30 bits per heavy atom. The number of nitrogens with one attached hydrogen (secondary N) is 2. The zero-order valence-electron chi connectivity index (χ0n) is 14.5. The molecule has 0 bridgehead atoms. The predicted molar refractivity (Wildman–Crippen MR) is 93.7 cm³/mol. The molecule has 144 valence electrons. The van der Waals surface area contributed by atoms with Crippen molar-refractivity contribution in [2.45, 2.75) is 38.1 Å². The minimum Gasteiger partial charge on any atom is -0.380 e. The number of hydrogen-bond donors (Lipinski definition) is 2. The molecule has 2 N–H and O–H groups in total. The van der Waals surface area contributed by atoms with Gasteiger partial charge in [0.2, 0.25) is 0 Å². The molecule has 4 rings (SSSR count). The van der Waals surface area contributed by atoms with E-state index in [1.807, 2.05) is 23.3 Å². The molecule has 2 aromatic rings. The molecule has 2 aliphatic heterocycles. The third kappa shape index (κ3) is 3.51. The Hall–Kier alpha value is -2.55. The van der Waals surface area contributed by atoms with E-state index >= 15 is 0 Å². The quantitative estimate of drug-likeness (QED) is 0.857. The van der Waals surface area contributed by atoms with E-state index in [0.717, 1.165) is 42.5 Å². The second-order valence-electron chi connectivity index (χ2n) is 6.81. The second kappa shape index (κ2) is 6.88. The van der Waals surface area contributed by atoms with E-state index in [0.29, 0.717) is 13.2 Å². The molecule has 3 heterocycles. The first-order valence-electron chi connectivity index (χ1n) is 8.78. The van der Waals surface area contributed by atoms with E-state index < -0.39 is 17.3 Å². The molecule has 1 atom stereocenters. The number of halogens is 3. The summed E-state index contributed by atoms with van der Waals surface area (Å²) in [6.07, 6.45) is -1.71. The van der Waals surface area contributed by atoms with Gasteiger partial charge in [0.1, 0.15) is 5.56 Å². The summed E-state index contributed by atoms with van der Waals surface area (Å²) in [5.41, 5.74) is 0.141. The van der Waals surface area contributed by atoms with Gasteiger partial charge in [-0.1, -0.05) is 12.1 Å². The van der Waals surface area contributed by atoms with Crippen molar-refractivity contribution >= 4 is 11.4 Å². The van der Waals surface area contributed by atoms with E-state index in [4.69, 9.17) is 4.74 Å². The van der Waals surface area contributed by atoms with Crippen molar-refractivity contribution in [1.82, 2.24) is 10.2 Å². The molecule has 1 aromatic carbocycles. The molecule has 0 aliphatic carbocycles. The zero-order valence-corrected chi connectivity index (χ0v) is 14.5. The molecular formula is C18H19F3N4O2. The van der Waals surface area contributed by atoms with Crippen molar-refractivity contribution in [3.63, 3.8) is 0 Å². The highest BCUT2D eigenvalue weighted by Crippen LogP contribution is 2.38. The van der Waals surface area contributed by atoms with Crippen molar-refractivity contribution in [3.8, 4) is 0 Å². The van der Waals surface area contributed by atoms with Crippen LogP contribution in [0.5, 0.6) is 0 Å². The lowest BCUT2D eigenvalue weighted by molar-refractivity contribution is -0.138. The van der Waals surface area contributed by atoms with Crippen LogP contribution in [0.4, 0.5) is 24.5 Å². The molecule has 6 nitrogen and oxygen atoms in total. The minimum absolute atomic E-state index is 0.186. The van der Waals surface area contributed by atoms with E-state index in [9.17, 15) is 18.0 Å². The van der Waals surface area contributed by atoms with Gasteiger partial charge in [0.05, 0.1) is 18.5 Å². The van der Waals surface area contributed by atoms with Gasteiger partial charge in [-0.25, -0.2) is 5.10 Å². The molecule has 0 spiro atoms. The molecule has 2 aliphatic rings. The van der Waals surface area contributed by atoms with E-state index in [1.54, 1.807) is 0 Å². The van der Waals surface area contributed by atoms with Crippen LogP contribution in [0.1, 0.15) is 29.5 Å². The van der Waals surface area contributed by atoms with Crippen LogP contribution < -0.4 is 15.8 Å². The van der Waals surface area contributed by atoms with Gasteiger partial charge in [-0.15, -0.1) is 0 Å². The summed E-state index contributed by atoms with van der Waals surface area (Å²) in [4.78, 5) is 13.3. The highest BCUT2D eigenvalue weighted by Gasteiger charge is 2.39. The fourth-order valence-corrected chi connectivity index (χ4v) is 3.70. The Balaban J connectivity index is 1.63. The maximum absolute atomic E-state index is 13.4. The Bertz CT molecular complexity index is 891. The fraction of sp³-hybridized carbons (Fsp3) is 0.444. The smallest absolute Gasteiger partial charge is 0.380 e. The molecule has 0 radical (unpaired) electrons. The summed E-state index contributed by atoms with van der Waals surface area (Å²) < 4.78 is 45.6. The topological polar surface area (TPSA) is 70.2 Å². The Kier molecular flexibility index (Phi) is 4.55. The normalized spacial score (nSPS) is 19.8. The van der Waals surface area contributed by atoms with Crippen LogP contribution in [0.15, 0.2) is 29.2 Å². The van der Waals surface area contributed by atoms with Gasteiger partial charge in [0.15, 0.2) is 0 Å². The molecule has 1 saturated heterocycles. The Morgan fingerprint density at radius 3 is 2.89 bits per heavy atom. The van der Waals surface area contributed by atoms with Crippen molar-refractivity contribution in [1.29, 1.82) is 0 Å².